The van der Waals surface area contributed by atoms with Crippen molar-refractivity contribution in [1.29, 1.82) is 0 Å². The molecule has 0 aliphatic heterocycles. The largest absolute Gasteiger partial charge is 0.412 e. The minimum atomic E-state index is -0.397. The van der Waals surface area contributed by atoms with Crippen molar-refractivity contribution in [2.45, 2.75) is 82.6 Å². The van der Waals surface area contributed by atoms with Crippen LogP contribution in [0.15, 0.2) is 18.2 Å². The highest BCUT2D eigenvalue weighted by atomic mass is 16.6. The van der Waals surface area contributed by atoms with E-state index in [2.05, 4.69) is 24.4 Å². The molecule has 2 aliphatic carbocycles. The first-order valence-electron chi connectivity index (χ1n) is 12.5. The van der Waals surface area contributed by atoms with Gasteiger partial charge in [-0.15, -0.1) is 0 Å². The number of amides is 1. The highest BCUT2D eigenvalue weighted by Crippen LogP contribution is 2.46. The number of benzene rings is 1. The van der Waals surface area contributed by atoms with Gasteiger partial charge in [0.2, 0.25) is 0 Å². The van der Waals surface area contributed by atoms with Crippen molar-refractivity contribution in [3.05, 3.63) is 29.3 Å². The van der Waals surface area contributed by atoms with Gasteiger partial charge >= 0.3 is 6.09 Å². The molecule has 1 fully saturated rings. The van der Waals surface area contributed by atoms with E-state index >= 15 is 0 Å². The Labute approximate surface area is 193 Å². The smallest absolute Gasteiger partial charge is 0.410 e. The maximum Gasteiger partial charge on any atom is 0.412 e. The molecule has 2 aliphatic rings. The molecule has 1 amide bonds. The van der Waals surface area contributed by atoms with Crippen molar-refractivity contribution in [2.24, 2.45) is 11.7 Å². The Kier molecular flexibility index (Phi) is 9.82. The van der Waals surface area contributed by atoms with Gasteiger partial charge < -0.3 is 25.3 Å². The van der Waals surface area contributed by atoms with E-state index in [0.717, 1.165) is 51.7 Å². The van der Waals surface area contributed by atoms with Crippen molar-refractivity contribution in [3.63, 3.8) is 0 Å². The predicted octanol–water partition coefficient (Wildman–Crippen LogP) is 4.72. The Morgan fingerprint density at radius 3 is 2.72 bits per heavy atom. The second kappa shape index (κ2) is 12.6. The number of hydrogen-bond acceptors (Lipinski definition) is 5. The lowest BCUT2D eigenvalue weighted by Gasteiger charge is -2.47. The van der Waals surface area contributed by atoms with Crippen molar-refractivity contribution in [3.8, 4) is 5.75 Å². The zero-order chi connectivity index (χ0) is 22.8. The van der Waals surface area contributed by atoms with Crippen LogP contribution < -0.4 is 15.8 Å². The van der Waals surface area contributed by atoms with Crippen LogP contribution in [0.3, 0.4) is 0 Å². The van der Waals surface area contributed by atoms with E-state index in [4.69, 9.17) is 19.9 Å². The molecule has 0 radical (unpaired) electrons. The Bertz CT molecular complexity index is 726. The number of nitrogens with one attached hydrogen (secondary N) is 1. The molecule has 6 heteroatoms. The van der Waals surface area contributed by atoms with Crippen molar-refractivity contribution >= 4 is 6.09 Å². The number of unbranched alkanes of at least 4 members (excludes halogenated alkanes) is 2. The van der Waals surface area contributed by atoms with Gasteiger partial charge in [-0.2, -0.15) is 0 Å². The summed E-state index contributed by atoms with van der Waals surface area (Å²) in [6.45, 7) is 5.15. The lowest BCUT2D eigenvalue weighted by molar-refractivity contribution is 0.116. The van der Waals surface area contributed by atoms with Crippen LogP contribution in [0.1, 0.15) is 75.8 Å². The molecule has 3 rings (SSSR count). The summed E-state index contributed by atoms with van der Waals surface area (Å²) in [5, 5.41) is 2.85. The van der Waals surface area contributed by atoms with Crippen LogP contribution in [0.5, 0.6) is 5.75 Å². The monoisotopic (exact) mass is 446 g/mol. The standard InChI is InChI=1S/C26H42N2O4/c1-26-13-5-3-4-10-21(24(26)27)18-20-11-12-22(19-23(20)26)32-25(29)28-14-6-7-16-31-17-9-8-15-30-2/h11-12,19,21,24H,3-10,13-18,27H2,1-2H3,(H,28,29)/t21?,24-,26+/m0/s1. The molecule has 0 spiro atoms. The Hall–Kier alpha value is -1.63. The van der Waals surface area contributed by atoms with E-state index in [1.807, 2.05) is 6.07 Å². The Morgan fingerprint density at radius 1 is 1.12 bits per heavy atom. The Morgan fingerprint density at radius 2 is 1.91 bits per heavy atom. The minimum Gasteiger partial charge on any atom is -0.410 e. The molecule has 180 valence electrons. The number of carbonyl (C=O) groups excluding carboxylic acids is 1. The van der Waals surface area contributed by atoms with Crippen LogP contribution >= 0.6 is 0 Å². The summed E-state index contributed by atoms with van der Waals surface area (Å²) in [6.07, 6.45) is 10.6. The van der Waals surface area contributed by atoms with Crippen LogP contribution in [0, 0.1) is 5.92 Å². The van der Waals surface area contributed by atoms with E-state index in [1.54, 1.807) is 7.11 Å². The number of methoxy groups -OCH3 is 1. The molecular weight excluding hydrogens is 404 g/mol. The summed E-state index contributed by atoms with van der Waals surface area (Å²) in [6, 6.07) is 6.29. The van der Waals surface area contributed by atoms with E-state index in [-0.39, 0.29) is 11.5 Å². The third-order valence-electron chi connectivity index (χ3n) is 7.28. The van der Waals surface area contributed by atoms with Gasteiger partial charge in [0.1, 0.15) is 5.75 Å². The van der Waals surface area contributed by atoms with Gasteiger partial charge in [0.25, 0.3) is 0 Å². The minimum absolute atomic E-state index is 0.0436. The fourth-order valence-electron chi connectivity index (χ4n) is 5.31. The number of carbonyl (C=O) groups is 1. The quantitative estimate of drug-likeness (QED) is 0.481. The fourth-order valence-corrected chi connectivity index (χ4v) is 5.31. The van der Waals surface area contributed by atoms with Gasteiger partial charge in [-0.1, -0.05) is 32.3 Å². The number of rotatable bonds is 11. The molecule has 0 aromatic heterocycles. The average Bonchev–Trinajstić information content (AvgIpc) is 2.78. The first kappa shape index (κ1) is 25.0. The molecule has 6 nitrogen and oxygen atoms in total. The fraction of sp³-hybridized carbons (Fsp3) is 0.731. The topological polar surface area (TPSA) is 82.8 Å². The molecule has 2 bridgehead atoms. The van der Waals surface area contributed by atoms with Gasteiger partial charge in [-0.25, -0.2) is 4.79 Å². The molecule has 0 saturated heterocycles. The third-order valence-corrected chi connectivity index (χ3v) is 7.28. The first-order chi connectivity index (χ1) is 15.5. The maximum atomic E-state index is 12.3. The molecule has 1 saturated carbocycles. The summed E-state index contributed by atoms with van der Waals surface area (Å²) >= 11 is 0. The van der Waals surface area contributed by atoms with Gasteiger partial charge in [0.05, 0.1) is 0 Å². The van der Waals surface area contributed by atoms with Gasteiger partial charge in [-0.3, -0.25) is 0 Å². The molecule has 3 atom stereocenters. The number of hydrogen-bond donors (Lipinski definition) is 2. The summed E-state index contributed by atoms with van der Waals surface area (Å²) in [5.41, 5.74) is 9.37. The highest BCUT2D eigenvalue weighted by molar-refractivity contribution is 5.70. The highest BCUT2D eigenvalue weighted by Gasteiger charge is 2.43. The molecule has 1 aromatic rings. The summed E-state index contributed by atoms with van der Waals surface area (Å²) < 4.78 is 16.2. The lowest BCUT2D eigenvalue weighted by Crippen LogP contribution is -2.52. The van der Waals surface area contributed by atoms with Crippen LogP contribution in [-0.4, -0.2) is 45.6 Å². The zero-order valence-corrected chi connectivity index (χ0v) is 20.0. The van der Waals surface area contributed by atoms with Crippen LogP contribution in [0.2, 0.25) is 0 Å². The number of nitrogens with two attached hydrogens (primary N) is 1. The Balaban J connectivity index is 1.43. The van der Waals surface area contributed by atoms with E-state index in [0.29, 0.717) is 24.8 Å². The summed E-state index contributed by atoms with van der Waals surface area (Å²) in [7, 11) is 1.72. The molecule has 32 heavy (non-hydrogen) atoms. The van der Waals surface area contributed by atoms with Crippen LogP contribution in [-0.2, 0) is 21.3 Å². The van der Waals surface area contributed by atoms with Gasteiger partial charge in [0, 0.05) is 44.9 Å². The van der Waals surface area contributed by atoms with Gasteiger partial charge in [-0.05, 0) is 74.1 Å². The van der Waals surface area contributed by atoms with Crippen LogP contribution in [0.4, 0.5) is 4.79 Å². The lowest BCUT2D eigenvalue weighted by atomic mass is 9.60. The molecular formula is C26H42N2O4. The van der Waals surface area contributed by atoms with E-state index in [1.165, 1.54) is 36.8 Å². The maximum absolute atomic E-state index is 12.3. The van der Waals surface area contributed by atoms with E-state index in [9.17, 15) is 4.79 Å². The van der Waals surface area contributed by atoms with Crippen molar-refractivity contribution < 1.29 is 19.0 Å². The van der Waals surface area contributed by atoms with Crippen molar-refractivity contribution in [2.75, 3.05) is 33.5 Å². The SMILES string of the molecule is COCCCCOCCCCNC(=O)Oc1ccc2c(c1)[C@@]1(C)CCCCCC(C2)[C@@H]1N. The van der Waals surface area contributed by atoms with Gasteiger partial charge in [0.15, 0.2) is 0 Å². The predicted molar refractivity (Wildman–Crippen MR) is 127 cm³/mol. The number of ether oxygens (including phenoxy) is 3. The normalized spacial score (nSPS) is 24.8. The van der Waals surface area contributed by atoms with E-state index < -0.39 is 6.09 Å². The summed E-state index contributed by atoms with van der Waals surface area (Å²) in [5.74, 6) is 1.16. The second-order valence-electron chi connectivity index (χ2n) is 9.66. The number of fused-ring (bicyclic) bond motifs is 4. The molecule has 3 N–H and O–H groups in total. The molecule has 0 heterocycles. The molecule has 1 unspecified atom stereocenters. The third kappa shape index (κ3) is 6.69. The average molecular weight is 447 g/mol. The molecule has 1 aromatic carbocycles. The van der Waals surface area contributed by atoms with Crippen LogP contribution in [0.25, 0.3) is 0 Å². The first-order valence-corrected chi connectivity index (χ1v) is 12.5. The van der Waals surface area contributed by atoms with Crippen molar-refractivity contribution in [1.82, 2.24) is 5.32 Å². The second-order valence-corrected chi connectivity index (χ2v) is 9.66. The summed E-state index contributed by atoms with van der Waals surface area (Å²) in [4.78, 5) is 12.3. The zero-order valence-electron chi connectivity index (χ0n) is 20.0.